The van der Waals surface area contributed by atoms with Crippen LogP contribution in [0.15, 0.2) is 29.2 Å². The fraction of sp³-hybridized carbons (Fsp3) is 0.364. The average molecular weight is 225 g/mol. The highest BCUT2D eigenvalue weighted by Crippen LogP contribution is 2.22. The van der Waals surface area contributed by atoms with Crippen LogP contribution in [0, 0.1) is 6.92 Å². The van der Waals surface area contributed by atoms with Crippen molar-refractivity contribution in [2.45, 2.75) is 24.3 Å². The zero-order chi connectivity index (χ0) is 11.3. The monoisotopic (exact) mass is 225 g/mol. The number of thioether (sulfide) groups is 1. The van der Waals surface area contributed by atoms with Gasteiger partial charge in [0.15, 0.2) is 0 Å². The Kier molecular flexibility index (Phi) is 4.65. The third-order valence-corrected chi connectivity index (χ3v) is 3.28. The molecule has 3 N–H and O–H groups in total. The van der Waals surface area contributed by atoms with Crippen LogP contribution in [-0.4, -0.2) is 22.9 Å². The lowest BCUT2D eigenvalue weighted by atomic mass is 10.2. The van der Waals surface area contributed by atoms with Gasteiger partial charge >= 0.3 is 0 Å². The summed E-state index contributed by atoms with van der Waals surface area (Å²) >= 11 is 1.62. The van der Waals surface area contributed by atoms with Gasteiger partial charge in [0.25, 0.3) is 0 Å². The maximum absolute atomic E-state index is 10.6. The number of hydrogen-bond donors (Lipinski definition) is 2. The number of amides is 1. The molecule has 0 spiro atoms. The normalized spacial score (nSPS) is 12.4. The van der Waals surface area contributed by atoms with Crippen LogP contribution in [0.3, 0.4) is 0 Å². The fourth-order valence-electron chi connectivity index (χ4n) is 1.14. The van der Waals surface area contributed by atoms with Crippen molar-refractivity contribution in [1.29, 1.82) is 0 Å². The first kappa shape index (κ1) is 12.1. The maximum Gasteiger partial charge on any atom is 0.246 e. The van der Waals surface area contributed by atoms with Crippen molar-refractivity contribution >= 4 is 17.7 Å². The lowest BCUT2D eigenvalue weighted by Crippen LogP contribution is -2.28. The Morgan fingerprint density at radius 2 is 2.20 bits per heavy atom. The van der Waals surface area contributed by atoms with E-state index in [0.717, 1.165) is 0 Å². The summed E-state index contributed by atoms with van der Waals surface area (Å²) in [5, 5.41) is 9.19. The van der Waals surface area contributed by atoms with E-state index in [1.807, 2.05) is 31.2 Å². The summed E-state index contributed by atoms with van der Waals surface area (Å²) in [7, 11) is 0. The molecule has 1 atom stereocenters. The van der Waals surface area contributed by atoms with Gasteiger partial charge in [0.1, 0.15) is 6.10 Å². The molecule has 1 unspecified atom stereocenters. The third kappa shape index (κ3) is 3.93. The predicted octanol–water partition coefficient (Wildman–Crippen LogP) is 1.32. The van der Waals surface area contributed by atoms with Crippen LogP contribution in [0.4, 0.5) is 0 Å². The molecular formula is C11H15NO2S. The van der Waals surface area contributed by atoms with Gasteiger partial charge in [-0.2, -0.15) is 0 Å². The molecule has 4 heteroatoms. The van der Waals surface area contributed by atoms with Crippen molar-refractivity contribution in [2.24, 2.45) is 5.73 Å². The molecule has 0 aliphatic rings. The van der Waals surface area contributed by atoms with Crippen molar-refractivity contribution in [3.05, 3.63) is 29.8 Å². The molecule has 0 aliphatic carbocycles. The van der Waals surface area contributed by atoms with E-state index in [2.05, 4.69) is 0 Å². The summed E-state index contributed by atoms with van der Waals surface area (Å²) in [4.78, 5) is 11.7. The Morgan fingerprint density at radius 3 is 2.80 bits per heavy atom. The highest BCUT2D eigenvalue weighted by atomic mass is 32.2. The quantitative estimate of drug-likeness (QED) is 0.743. The van der Waals surface area contributed by atoms with E-state index >= 15 is 0 Å². The molecule has 1 aromatic rings. The lowest BCUT2D eigenvalue weighted by Gasteiger charge is -2.07. The van der Waals surface area contributed by atoms with E-state index in [4.69, 9.17) is 5.73 Å². The van der Waals surface area contributed by atoms with Gasteiger partial charge in [-0.05, 0) is 25.0 Å². The molecule has 0 radical (unpaired) electrons. The minimum absolute atomic E-state index is 0.397. The molecular weight excluding hydrogens is 210 g/mol. The number of nitrogens with two attached hydrogens (primary N) is 1. The first-order chi connectivity index (χ1) is 7.11. The Bertz CT molecular complexity index is 341. The van der Waals surface area contributed by atoms with Crippen LogP contribution in [0.2, 0.25) is 0 Å². The molecule has 0 fully saturated rings. The summed E-state index contributed by atoms with van der Waals surface area (Å²) in [6.07, 6.45) is -0.629. The molecule has 3 nitrogen and oxygen atoms in total. The molecule has 1 aromatic carbocycles. The molecule has 0 heterocycles. The van der Waals surface area contributed by atoms with Crippen molar-refractivity contribution < 1.29 is 9.90 Å². The van der Waals surface area contributed by atoms with Gasteiger partial charge in [0.2, 0.25) is 5.91 Å². The molecule has 0 saturated carbocycles. The van der Waals surface area contributed by atoms with Crippen molar-refractivity contribution in [2.75, 3.05) is 5.75 Å². The molecule has 0 saturated heterocycles. The smallest absolute Gasteiger partial charge is 0.246 e. The van der Waals surface area contributed by atoms with E-state index in [-0.39, 0.29) is 0 Å². The second-order valence-electron chi connectivity index (χ2n) is 3.32. The molecule has 1 amide bonds. The Hall–Kier alpha value is -1.00. The zero-order valence-electron chi connectivity index (χ0n) is 8.64. The first-order valence-corrected chi connectivity index (χ1v) is 5.75. The number of rotatable bonds is 5. The van der Waals surface area contributed by atoms with Gasteiger partial charge in [-0.25, -0.2) is 0 Å². The van der Waals surface area contributed by atoms with Crippen LogP contribution in [0.1, 0.15) is 12.0 Å². The third-order valence-electron chi connectivity index (χ3n) is 2.07. The van der Waals surface area contributed by atoms with Crippen LogP contribution in [0.5, 0.6) is 0 Å². The Balaban J connectivity index is 2.38. The van der Waals surface area contributed by atoms with E-state index in [1.165, 1.54) is 10.5 Å². The second kappa shape index (κ2) is 5.78. The number of aliphatic hydroxyl groups excluding tert-OH is 1. The topological polar surface area (TPSA) is 63.3 Å². The lowest BCUT2D eigenvalue weighted by molar-refractivity contribution is -0.126. The number of benzene rings is 1. The summed E-state index contributed by atoms with van der Waals surface area (Å²) in [5.41, 5.74) is 6.15. The zero-order valence-corrected chi connectivity index (χ0v) is 9.46. The number of aryl methyl sites for hydroxylation is 1. The van der Waals surface area contributed by atoms with Gasteiger partial charge in [0, 0.05) is 10.6 Å². The molecule has 1 rings (SSSR count). The first-order valence-electron chi connectivity index (χ1n) is 4.77. The number of hydrogen-bond acceptors (Lipinski definition) is 3. The van der Waals surface area contributed by atoms with Crippen LogP contribution in [-0.2, 0) is 4.79 Å². The summed E-state index contributed by atoms with van der Waals surface area (Å²) in [5.74, 6) is 0.0370. The molecule has 15 heavy (non-hydrogen) atoms. The Labute approximate surface area is 93.7 Å². The van der Waals surface area contributed by atoms with Crippen LogP contribution >= 0.6 is 11.8 Å². The van der Waals surface area contributed by atoms with E-state index < -0.39 is 12.0 Å². The number of primary amides is 1. The fourth-order valence-corrected chi connectivity index (χ4v) is 2.17. The number of aliphatic hydroxyl groups is 1. The van der Waals surface area contributed by atoms with Crippen molar-refractivity contribution in [3.63, 3.8) is 0 Å². The highest BCUT2D eigenvalue weighted by Gasteiger charge is 2.10. The minimum Gasteiger partial charge on any atom is -0.383 e. The van der Waals surface area contributed by atoms with E-state index in [9.17, 15) is 9.90 Å². The second-order valence-corrected chi connectivity index (χ2v) is 4.46. The van der Waals surface area contributed by atoms with Crippen molar-refractivity contribution in [1.82, 2.24) is 0 Å². The van der Waals surface area contributed by atoms with Gasteiger partial charge in [-0.15, -0.1) is 11.8 Å². The molecule has 0 aliphatic heterocycles. The number of carbonyl (C=O) groups excluding carboxylic acids is 1. The molecule has 82 valence electrons. The maximum atomic E-state index is 10.6. The molecule has 0 aromatic heterocycles. The predicted molar refractivity (Wildman–Crippen MR) is 61.7 cm³/mol. The number of carbonyl (C=O) groups is 1. The van der Waals surface area contributed by atoms with E-state index in [0.29, 0.717) is 12.2 Å². The highest BCUT2D eigenvalue weighted by molar-refractivity contribution is 7.99. The average Bonchev–Trinajstić information content (AvgIpc) is 2.20. The summed E-state index contributed by atoms with van der Waals surface area (Å²) in [6, 6.07) is 8.01. The minimum atomic E-state index is -1.03. The van der Waals surface area contributed by atoms with E-state index in [1.54, 1.807) is 11.8 Å². The largest absolute Gasteiger partial charge is 0.383 e. The summed E-state index contributed by atoms with van der Waals surface area (Å²) < 4.78 is 0. The Morgan fingerprint density at radius 1 is 1.53 bits per heavy atom. The van der Waals surface area contributed by atoms with Gasteiger partial charge in [-0.1, -0.05) is 18.2 Å². The van der Waals surface area contributed by atoms with Gasteiger partial charge in [-0.3, -0.25) is 4.79 Å². The van der Waals surface area contributed by atoms with Gasteiger partial charge < -0.3 is 10.8 Å². The van der Waals surface area contributed by atoms with Gasteiger partial charge in [0.05, 0.1) is 0 Å². The van der Waals surface area contributed by atoms with Crippen LogP contribution < -0.4 is 5.73 Å². The van der Waals surface area contributed by atoms with Crippen LogP contribution in [0.25, 0.3) is 0 Å². The summed E-state index contributed by atoms with van der Waals surface area (Å²) in [6.45, 7) is 2.03. The SMILES string of the molecule is Cc1ccccc1SCCC(O)C(N)=O. The van der Waals surface area contributed by atoms with Crippen molar-refractivity contribution in [3.8, 4) is 0 Å². The standard InChI is InChI=1S/C11H15NO2S/c1-8-4-2-3-5-10(8)15-7-6-9(13)11(12)14/h2-5,9,13H,6-7H2,1H3,(H2,12,14). The molecule has 0 bridgehead atoms.